The van der Waals surface area contributed by atoms with Crippen LogP contribution in [-0.4, -0.2) is 16.2 Å². The van der Waals surface area contributed by atoms with Crippen molar-refractivity contribution in [3.8, 4) is 6.07 Å². The van der Waals surface area contributed by atoms with E-state index in [2.05, 4.69) is 28.0 Å². The third-order valence-electron chi connectivity index (χ3n) is 4.32. The van der Waals surface area contributed by atoms with Crippen LogP contribution >= 0.6 is 11.3 Å². The second-order valence-corrected chi connectivity index (χ2v) is 7.12. The van der Waals surface area contributed by atoms with E-state index in [4.69, 9.17) is 0 Å². The number of thiophene rings is 1. The van der Waals surface area contributed by atoms with Gasteiger partial charge in [-0.25, -0.2) is 9.98 Å². The van der Waals surface area contributed by atoms with Gasteiger partial charge >= 0.3 is 0 Å². The molecule has 2 aromatic heterocycles. The molecule has 23 heavy (non-hydrogen) atoms. The van der Waals surface area contributed by atoms with Crippen molar-refractivity contribution < 1.29 is 0 Å². The highest BCUT2D eigenvalue weighted by molar-refractivity contribution is 7.16. The molecular weight excluding hydrogens is 304 g/mol. The standard InChI is InChI=1S/C18H16N4S/c1-11-6-7-12-13(9-19)18(23-16(12)8-11)20-10-17-21-14-4-2-3-5-15(14)22-17/h2-5,10-11H,6-8H2,1H3,(H,21,22)/t11-/m0/s1. The molecule has 0 saturated heterocycles. The van der Waals surface area contributed by atoms with Crippen molar-refractivity contribution in [2.75, 3.05) is 0 Å². The number of aromatic nitrogens is 2. The first-order valence-corrected chi connectivity index (χ1v) is 8.59. The van der Waals surface area contributed by atoms with E-state index in [0.29, 0.717) is 5.92 Å². The van der Waals surface area contributed by atoms with Gasteiger partial charge in [-0.1, -0.05) is 19.1 Å². The molecular formula is C18H16N4S. The molecule has 2 heterocycles. The number of rotatable bonds is 2. The van der Waals surface area contributed by atoms with Crippen molar-refractivity contribution in [2.24, 2.45) is 10.9 Å². The van der Waals surface area contributed by atoms with Crippen LogP contribution in [-0.2, 0) is 12.8 Å². The topological polar surface area (TPSA) is 64.8 Å². The molecule has 1 aliphatic rings. The summed E-state index contributed by atoms with van der Waals surface area (Å²) in [4.78, 5) is 13.6. The van der Waals surface area contributed by atoms with Crippen molar-refractivity contribution in [3.63, 3.8) is 0 Å². The summed E-state index contributed by atoms with van der Waals surface area (Å²) < 4.78 is 0. The van der Waals surface area contributed by atoms with Crippen LogP contribution in [0.4, 0.5) is 5.00 Å². The number of nitrogens with zero attached hydrogens (tertiary/aromatic N) is 3. The number of aromatic amines is 1. The SMILES string of the molecule is C[C@H]1CCc2c(sc(N=Cc3nc4ccccc4[nH]3)c2C#N)C1. The fourth-order valence-electron chi connectivity index (χ4n) is 3.10. The third kappa shape index (κ3) is 2.55. The van der Waals surface area contributed by atoms with E-state index in [9.17, 15) is 5.26 Å². The minimum absolute atomic E-state index is 0.694. The summed E-state index contributed by atoms with van der Waals surface area (Å²) in [6.45, 7) is 2.27. The van der Waals surface area contributed by atoms with Gasteiger partial charge in [0.25, 0.3) is 0 Å². The zero-order valence-corrected chi connectivity index (χ0v) is 13.7. The van der Waals surface area contributed by atoms with Crippen LogP contribution in [0.3, 0.4) is 0 Å². The third-order valence-corrected chi connectivity index (χ3v) is 5.48. The van der Waals surface area contributed by atoms with Gasteiger partial charge in [-0.05, 0) is 42.9 Å². The van der Waals surface area contributed by atoms with Gasteiger partial charge < -0.3 is 4.98 Å². The Morgan fingerprint density at radius 1 is 1.43 bits per heavy atom. The molecule has 0 spiro atoms. The predicted molar refractivity (Wildman–Crippen MR) is 93.6 cm³/mol. The van der Waals surface area contributed by atoms with Gasteiger partial charge in [0.15, 0.2) is 0 Å². The van der Waals surface area contributed by atoms with Gasteiger partial charge in [-0.15, -0.1) is 11.3 Å². The van der Waals surface area contributed by atoms with E-state index in [-0.39, 0.29) is 0 Å². The largest absolute Gasteiger partial charge is 0.337 e. The van der Waals surface area contributed by atoms with E-state index in [1.54, 1.807) is 17.6 Å². The smallest absolute Gasteiger partial charge is 0.149 e. The van der Waals surface area contributed by atoms with Crippen LogP contribution in [0.2, 0.25) is 0 Å². The Balaban J connectivity index is 1.69. The molecule has 0 unspecified atom stereocenters. The Hall–Kier alpha value is -2.45. The first kappa shape index (κ1) is 14.2. The maximum Gasteiger partial charge on any atom is 0.149 e. The number of hydrogen-bond donors (Lipinski definition) is 1. The van der Waals surface area contributed by atoms with Gasteiger partial charge in [0.1, 0.15) is 16.9 Å². The second-order valence-electron chi connectivity index (χ2n) is 6.04. The highest BCUT2D eigenvalue weighted by Crippen LogP contribution is 2.40. The average Bonchev–Trinajstić information content (AvgIpc) is 3.12. The van der Waals surface area contributed by atoms with Gasteiger partial charge in [-0.2, -0.15) is 5.26 Å². The van der Waals surface area contributed by atoms with E-state index in [0.717, 1.165) is 46.7 Å². The number of fused-ring (bicyclic) bond motifs is 2. The van der Waals surface area contributed by atoms with Crippen LogP contribution in [0, 0.1) is 17.2 Å². The number of hydrogen-bond acceptors (Lipinski definition) is 4. The Bertz CT molecular complexity index is 909. The lowest BCUT2D eigenvalue weighted by molar-refractivity contribution is 0.507. The maximum absolute atomic E-state index is 9.50. The molecule has 0 amide bonds. The minimum Gasteiger partial charge on any atom is -0.337 e. The molecule has 4 rings (SSSR count). The Labute approximate surface area is 138 Å². The van der Waals surface area contributed by atoms with Crippen LogP contribution in [0.15, 0.2) is 29.3 Å². The van der Waals surface area contributed by atoms with Gasteiger partial charge in [0, 0.05) is 4.88 Å². The molecule has 1 aromatic carbocycles. The fourth-order valence-corrected chi connectivity index (χ4v) is 4.40. The summed E-state index contributed by atoms with van der Waals surface area (Å²) in [5.74, 6) is 1.41. The van der Waals surface area contributed by atoms with Crippen molar-refractivity contribution in [1.29, 1.82) is 5.26 Å². The number of nitrogens with one attached hydrogen (secondary N) is 1. The van der Waals surface area contributed by atoms with Crippen LogP contribution in [0.5, 0.6) is 0 Å². The summed E-state index contributed by atoms with van der Waals surface area (Å²) in [5, 5.41) is 10.3. The molecule has 0 bridgehead atoms. The summed E-state index contributed by atoms with van der Waals surface area (Å²) in [6, 6.07) is 10.2. The van der Waals surface area contributed by atoms with E-state index in [1.807, 2.05) is 24.3 Å². The number of aliphatic imine (C=N–C) groups is 1. The second kappa shape index (κ2) is 5.64. The van der Waals surface area contributed by atoms with Crippen molar-refractivity contribution >= 4 is 33.6 Å². The molecule has 0 radical (unpaired) electrons. The lowest BCUT2D eigenvalue weighted by atomic mass is 9.89. The van der Waals surface area contributed by atoms with E-state index < -0.39 is 0 Å². The zero-order chi connectivity index (χ0) is 15.8. The van der Waals surface area contributed by atoms with E-state index in [1.165, 1.54) is 10.4 Å². The summed E-state index contributed by atoms with van der Waals surface area (Å²) in [6.07, 6.45) is 4.94. The predicted octanol–water partition coefficient (Wildman–Crippen LogP) is 4.37. The summed E-state index contributed by atoms with van der Waals surface area (Å²) in [7, 11) is 0. The highest BCUT2D eigenvalue weighted by Gasteiger charge is 2.23. The Kier molecular flexibility index (Phi) is 3.47. The zero-order valence-electron chi connectivity index (χ0n) is 12.8. The minimum atomic E-state index is 0.694. The van der Waals surface area contributed by atoms with E-state index >= 15 is 0 Å². The molecule has 1 aliphatic carbocycles. The van der Waals surface area contributed by atoms with Crippen LogP contribution in [0.1, 0.15) is 35.2 Å². The Morgan fingerprint density at radius 3 is 3.13 bits per heavy atom. The molecule has 4 nitrogen and oxygen atoms in total. The van der Waals surface area contributed by atoms with Crippen LogP contribution in [0.25, 0.3) is 11.0 Å². The number of nitriles is 1. The summed E-state index contributed by atoms with van der Waals surface area (Å²) in [5.41, 5.74) is 3.89. The highest BCUT2D eigenvalue weighted by atomic mass is 32.1. The molecule has 5 heteroatoms. The first-order chi connectivity index (χ1) is 11.2. The number of imidazole rings is 1. The monoisotopic (exact) mass is 320 g/mol. The molecule has 1 atom stereocenters. The quantitative estimate of drug-likeness (QED) is 0.712. The lowest BCUT2D eigenvalue weighted by Gasteiger charge is -2.17. The Morgan fingerprint density at radius 2 is 2.30 bits per heavy atom. The fraction of sp³-hybridized carbons (Fsp3) is 0.278. The van der Waals surface area contributed by atoms with Gasteiger partial charge in [0.05, 0.1) is 22.8 Å². The maximum atomic E-state index is 9.50. The summed E-state index contributed by atoms with van der Waals surface area (Å²) >= 11 is 1.65. The van der Waals surface area contributed by atoms with Gasteiger partial charge in [-0.3, -0.25) is 0 Å². The molecule has 1 N–H and O–H groups in total. The van der Waals surface area contributed by atoms with Crippen molar-refractivity contribution in [3.05, 3.63) is 46.1 Å². The first-order valence-electron chi connectivity index (χ1n) is 7.78. The molecule has 0 aliphatic heterocycles. The number of benzene rings is 1. The molecule has 114 valence electrons. The number of para-hydroxylation sites is 2. The molecule has 0 saturated carbocycles. The molecule has 3 aromatic rings. The molecule has 0 fully saturated rings. The normalized spacial score (nSPS) is 17.5. The van der Waals surface area contributed by atoms with Crippen LogP contribution < -0.4 is 0 Å². The van der Waals surface area contributed by atoms with Crippen molar-refractivity contribution in [2.45, 2.75) is 26.2 Å². The van der Waals surface area contributed by atoms with Crippen molar-refractivity contribution in [1.82, 2.24) is 9.97 Å². The number of H-pyrrole nitrogens is 1. The lowest BCUT2D eigenvalue weighted by Crippen LogP contribution is -2.09. The average molecular weight is 320 g/mol. The van der Waals surface area contributed by atoms with Gasteiger partial charge in [0.2, 0.25) is 0 Å².